The molecule has 1 spiro atoms. The van der Waals surface area contributed by atoms with Gasteiger partial charge in [-0.25, -0.2) is 0 Å². The van der Waals surface area contributed by atoms with E-state index in [0.29, 0.717) is 24.7 Å². The highest BCUT2D eigenvalue weighted by atomic mass is 16.7. The molecule has 4 fully saturated rings. The topological polar surface area (TPSA) is 55.8 Å². The molecule has 0 radical (unpaired) electrons. The van der Waals surface area contributed by atoms with Gasteiger partial charge in [0.1, 0.15) is 0 Å². The molecular formula is C17H25NO4. The van der Waals surface area contributed by atoms with Crippen molar-refractivity contribution in [1.29, 1.82) is 0 Å². The van der Waals surface area contributed by atoms with Crippen LogP contribution in [0.3, 0.4) is 0 Å². The van der Waals surface area contributed by atoms with Crippen LogP contribution < -0.4 is 0 Å². The first kappa shape index (κ1) is 14.5. The Hall–Kier alpha value is -1.10. The van der Waals surface area contributed by atoms with Gasteiger partial charge in [-0.15, -0.1) is 0 Å². The Balaban J connectivity index is 1.69. The number of ether oxygens (including phenoxy) is 2. The fraction of sp³-hybridized carbons (Fsp3) is 0.882. The van der Waals surface area contributed by atoms with Crippen LogP contribution in [-0.4, -0.2) is 41.3 Å². The minimum absolute atomic E-state index is 0.0855. The summed E-state index contributed by atoms with van der Waals surface area (Å²) >= 11 is 0. The van der Waals surface area contributed by atoms with Gasteiger partial charge in [0.25, 0.3) is 0 Å². The van der Waals surface area contributed by atoms with E-state index in [1.165, 1.54) is 0 Å². The van der Waals surface area contributed by atoms with E-state index in [0.717, 1.165) is 32.2 Å². The summed E-state index contributed by atoms with van der Waals surface area (Å²) in [5.74, 6) is -0.125. The standard InChI is InChI=1S/C17H25NO4/c1-3-11-15-12-6-7-14(19)18(12)8-4-5-13(15)21-17(11)9-10(2)16(20)22-17/h10-13,15H,3-9H2,1-2H3. The van der Waals surface area contributed by atoms with Gasteiger partial charge in [-0.2, -0.15) is 0 Å². The van der Waals surface area contributed by atoms with Crippen LogP contribution in [0.1, 0.15) is 52.4 Å². The molecule has 4 rings (SSSR count). The predicted octanol–water partition coefficient (Wildman–Crippen LogP) is 2.09. The summed E-state index contributed by atoms with van der Waals surface area (Å²) in [5.41, 5.74) is 0. The maximum absolute atomic E-state index is 12.2. The minimum Gasteiger partial charge on any atom is -0.432 e. The molecule has 6 unspecified atom stereocenters. The highest BCUT2D eigenvalue weighted by molar-refractivity contribution is 5.79. The summed E-state index contributed by atoms with van der Waals surface area (Å²) in [7, 11) is 0. The van der Waals surface area contributed by atoms with Crippen molar-refractivity contribution in [2.24, 2.45) is 17.8 Å². The van der Waals surface area contributed by atoms with Crippen molar-refractivity contribution in [3.63, 3.8) is 0 Å². The number of hydrogen-bond acceptors (Lipinski definition) is 4. The lowest BCUT2D eigenvalue weighted by atomic mass is 9.76. The van der Waals surface area contributed by atoms with Crippen molar-refractivity contribution in [1.82, 2.24) is 4.90 Å². The molecule has 5 heteroatoms. The molecule has 6 atom stereocenters. The number of esters is 1. The molecule has 5 nitrogen and oxygen atoms in total. The van der Waals surface area contributed by atoms with Crippen molar-refractivity contribution in [2.75, 3.05) is 6.54 Å². The van der Waals surface area contributed by atoms with E-state index in [-0.39, 0.29) is 30.0 Å². The summed E-state index contributed by atoms with van der Waals surface area (Å²) < 4.78 is 12.2. The van der Waals surface area contributed by atoms with Gasteiger partial charge in [-0.05, 0) is 25.7 Å². The first-order chi connectivity index (χ1) is 10.6. The van der Waals surface area contributed by atoms with Crippen LogP contribution in [0.2, 0.25) is 0 Å². The molecule has 0 aromatic rings. The Morgan fingerprint density at radius 1 is 1.32 bits per heavy atom. The zero-order valence-electron chi connectivity index (χ0n) is 13.4. The molecule has 4 aliphatic rings. The Morgan fingerprint density at radius 3 is 2.82 bits per heavy atom. The summed E-state index contributed by atoms with van der Waals surface area (Å²) in [6, 6.07) is 0.277. The fourth-order valence-corrected chi connectivity index (χ4v) is 5.36. The first-order valence-electron chi connectivity index (χ1n) is 8.76. The van der Waals surface area contributed by atoms with Gasteiger partial charge in [0.15, 0.2) is 0 Å². The lowest BCUT2D eigenvalue weighted by Gasteiger charge is -2.34. The molecule has 4 aliphatic heterocycles. The maximum atomic E-state index is 12.2. The van der Waals surface area contributed by atoms with Crippen LogP contribution in [0.15, 0.2) is 0 Å². The van der Waals surface area contributed by atoms with Crippen molar-refractivity contribution >= 4 is 11.9 Å². The monoisotopic (exact) mass is 307 g/mol. The molecule has 4 saturated heterocycles. The molecule has 0 aromatic heterocycles. The van der Waals surface area contributed by atoms with Gasteiger partial charge < -0.3 is 14.4 Å². The maximum Gasteiger partial charge on any atom is 0.311 e. The Morgan fingerprint density at radius 2 is 2.14 bits per heavy atom. The van der Waals surface area contributed by atoms with Crippen LogP contribution in [0, 0.1) is 17.8 Å². The highest BCUT2D eigenvalue weighted by Crippen LogP contribution is 2.54. The lowest BCUT2D eigenvalue weighted by Crippen LogP contribution is -2.44. The molecule has 122 valence electrons. The van der Waals surface area contributed by atoms with Gasteiger partial charge in [0.05, 0.1) is 12.0 Å². The fourth-order valence-electron chi connectivity index (χ4n) is 5.36. The molecule has 22 heavy (non-hydrogen) atoms. The Kier molecular flexibility index (Phi) is 3.26. The average molecular weight is 307 g/mol. The van der Waals surface area contributed by atoms with Gasteiger partial charge in [0, 0.05) is 37.3 Å². The zero-order valence-corrected chi connectivity index (χ0v) is 13.4. The van der Waals surface area contributed by atoms with Crippen molar-refractivity contribution in [3.8, 4) is 0 Å². The van der Waals surface area contributed by atoms with E-state index in [2.05, 4.69) is 11.8 Å². The second kappa shape index (κ2) is 4.95. The number of carbonyl (C=O) groups is 2. The number of rotatable bonds is 1. The minimum atomic E-state index is -0.727. The predicted molar refractivity (Wildman–Crippen MR) is 78.7 cm³/mol. The quantitative estimate of drug-likeness (QED) is 0.696. The van der Waals surface area contributed by atoms with Crippen molar-refractivity contribution < 1.29 is 19.1 Å². The number of fused-ring (bicyclic) bond motifs is 3. The zero-order chi connectivity index (χ0) is 15.5. The second-order valence-corrected chi connectivity index (χ2v) is 7.42. The number of hydrogen-bond donors (Lipinski definition) is 0. The molecule has 0 bridgehead atoms. The summed E-state index contributed by atoms with van der Waals surface area (Å²) in [6.07, 6.45) is 5.27. The van der Waals surface area contributed by atoms with Crippen LogP contribution in [-0.2, 0) is 19.1 Å². The van der Waals surface area contributed by atoms with Crippen LogP contribution in [0.5, 0.6) is 0 Å². The molecule has 0 saturated carbocycles. The van der Waals surface area contributed by atoms with Crippen molar-refractivity contribution in [2.45, 2.75) is 70.3 Å². The molecule has 0 aromatic carbocycles. The van der Waals surface area contributed by atoms with Crippen LogP contribution in [0.25, 0.3) is 0 Å². The van der Waals surface area contributed by atoms with Crippen LogP contribution in [0.4, 0.5) is 0 Å². The van der Waals surface area contributed by atoms with Gasteiger partial charge >= 0.3 is 5.97 Å². The van der Waals surface area contributed by atoms with E-state index in [9.17, 15) is 9.59 Å². The smallest absolute Gasteiger partial charge is 0.311 e. The number of carbonyl (C=O) groups excluding carboxylic acids is 2. The Bertz CT molecular complexity index is 507. The van der Waals surface area contributed by atoms with E-state index >= 15 is 0 Å². The SMILES string of the molecule is CCC1C2C(CCCN3C(=O)CCC23)OC12CC(C)C(=O)O2. The lowest BCUT2D eigenvalue weighted by molar-refractivity contribution is -0.219. The van der Waals surface area contributed by atoms with Crippen LogP contribution >= 0.6 is 0 Å². The summed E-state index contributed by atoms with van der Waals surface area (Å²) in [4.78, 5) is 26.2. The largest absolute Gasteiger partial charge is 0.432 e. The highest BCUT2D eigenvalue weighted by Gasteiger charge is 2.63. The number of nitrogens with zero attached hydrogens (tertiary/aromatic N) is 1. The number of amides is 1. The van der Waals surface area contributed by atoms with E-state index < -0.39 is 5.79 Å². The van der Waals surface area contributed by atoms with Crippen molar-refractivity contribution in [3.05, 3.63) is 0 Å². The van der Waals surface area contributed by atoms with Gasteiger partial charge in [-0.1, -0.05) is 13.8 Å². The van der Waals surface area contributed by atoms with Gasteiger partial charge in [-0.3, -0.25) is 9.59 Å². The van der Waals surface area contributed by atoms with E-state index in [4.69, 9.17) is 9.47 Å². The second-order valence-electron chi connectivity index (χ2n) is 7.42. The third kappa shape index (κ3) is 1.87. The van der Waals surface area contributed by atoms with E-state index in [1.807, 2.05) is 6.92 Å². The Labute approximate surface area is 131 Å². The first-order valence-corrected chi connectivity index (χ1v) is 8.76. The van der Waals surface area contributed by atoms with Gasteiger partial charge in [0.2, 0.25) is 11.7 Å². The molecule has 0 aliphatic carbocycles. The van der Waals surface area contributed by atoms with E-state index in [1.54, 1.807) is 0 Å². The molecule has 1 amide bonds. The average Bonchev–Trinajstić information content (AvgIpc) is 3.02. The summed E-state index contributed by atoms with van der Waals surface area (Å²) in [6.45, 7) is 4.94. The third-order valence-electron chi connectivity index (χ3n) is 6.22. The normalized spacial score (nSPS) is 47.5. The third-order valence-corrected chi connectivity index (χ3v) is 6.22. The summed E-state index contributed by atoms with van der Waals surface area (Å²) in [5, 5.41) is 0. The molecule has 4 heterocycles. The molecule has 0 N–H and O–H groups in total. The molecular weight excluding hydrogens is 282 g/mol.